The van der Waals surface area contributed by atoms with Crippen molar-refractivity contribution in [2.75, 3.05) is 33.7 Å². The highest BCUT2D eigenvalue weighted by Gasteiger charge is 2.54. The lowest BCUT2D eigenvalue weighted by Crippen LogP contribution is -2.30. The Balaban J connectivity index is 0.000000186. The first-order valence-electron chi connectivity index (χ1n) is 22.2. The van der Waals surface area contributed by atoms with E-state index in [9.17, 15) is 23.1 Å². The molecule has 0 spiro atoms. The summed E-state index contributed by atoms with van der Waals surface area (Å²) in [5.74, 6) is 2.13. The summed E-state index contributed by atoms with van der Waals surface area (Å²) in [6.07, 6.45) is 1.27. The van der Waals surface area contributed by atoms with Gasteiger partial charge >= 0.3 is 0 Å². The van der Waals surface area contributed by atoms with Crippen molar-refractivity contribution in [1.29, 1.82) is 0 Å². The molecule has 3 aliphatic heterocycles. The topological polar surface area (TPSA) is 195 Å². The van der Waals surface area contributed by atoms with Crippen molar-refractivity contribution in [3.63, 3.8) is 0 Å². The van der Waals surface area contributed by atoms with Crippen LogP contribution in [0, 0.1) is 0 Å². The summed E-state index contributed by atoms with van der Waals surface area (Å²) >= 11 is 0. The first-order valence-corrected chi connectivity index (χ1v) is 24.0. The lowest BCUT2D eigenvalue weighted by molar-refractivity contribution is 0.127. The molecule has 0 bridgehead atoms. The molecule has 8 aromatic rings. The van der Waals surface area contributed by atoms with Crippen molar-refractivity contribution in [3.05, 3.63) is 152 Å². The fraction of sp³-hybridized carbons (Fsp3) is 0.283. The molecular weight excluding hydrogens is 909 g/mol. The molecule has 4 atom stereocenters. The highest BCUT2D eigenvalue weighted by atomic mass is 32.2. The number of hydrogen-bond acceptors (Lipinski definition) is 15. The Kier molecular flexibility index (Phi) is 11.8. The fourth-order valence-corrected chi connectivity index (χ4v) is 9.13. The normalized spacial score (nSPS) is 20.2. The van der Waals surface area contributed by atoms with Crippen LogP contribution in [0.3, 0.4) is 0 Å². The van der Waals surface area contributed by atoms with Crippen LogP contribution in [0.15, 0.2) is 128 Å². The molecule has 2 aromatic heterocycles. The first kappa shape index (κ1) is 45.7. The van der Waals surface area contributed by atoms with Crippen LogP contribution in [0.25, 0.3) is 43.9 Å². The Morgan fingerprint density at radius 2 is 1.28 bits per heavy atom. The number of rotatable bonds is 14. The average Bonchev–Trinajstić information content (AvgIpc) is 4.20. The average molecular weight is 957 g/mol. The maximum Gasteiger partial charge on any atom is 0.264 e. The Labute approximate surface area is 395 Å². The predicted octanol–water partition coefficient (Wildman–Crippen LogP) is 8.54. The Hall–Kier alpha value is -7.11. The van der Waals surface area contributed by atoms with Gasteiger partial charge in [0.15, 0.2) is 22.7 Å². The van der Waals surface area contributed by atoms with Crippen molar-refractivity contribution in [2.24, 2.45) is 0 Å². The summed E-state index contributed by atoms with van der Waals surface area (Å²) in [5.41, 5.74) is 2.78. The van der Waals surface area contributed by atoms with E-state index in [0.717, 1.165) is 22.9 Å². The van der Waals surface area contributed by atoms with Crippen LogP contribution in [0.2, 0.25) is 0 Å². The number of ether oxygens (including phenoxy) is 7. The molecule has 0 saturated carbocycles. The van der Waals surface area contributed by atoms with Gasteiger partial charge in [0.25, 0.3) is 10.1 Å². The molecule has 69 heavy (non-hydrogen) atoms. The van der Waals surface area contributed by atoms with Crippen LogP contribution < -0.4 is 34.5 Å². The van der Waals surface area contributed by atoms with E-state index in [-0.39, 0.29) is 71.1 Å². The molecule has 0 unspecified atom stereocenters. The fourth-order valence-electron chi connectivity index (χ4n) is 8.68. The van der Waals surface area contributed by atoms with E-state index >= 15 is 0 Å². The molecule has 15 nitrogen and oxygen atoms in total. The number of phenols is 1. The zero-order valence-electron chi connectivity index (χ0n) is 38.4. The van der Waals surface area contributed by atoms with Gasteiger partial charge < -0.3 is 47.1 Å². The van der Waals surface area contributed by atoms with Gasteiger partial charge in [-0.05, 0) is 49.2 Å². The van der Waals surface area contributed by atoms with Crippen LogP contribution in [-0.2, 0) is 49.8 Å². The monoisotopic (exact) mass is 956 g/mol. The minimum absolute atomic E-state index is 0.0685. The molecule has 0 amide bonds. The molecule has 6 aromatic carbocycles. The summed E-state index contributed by atoms with van der Waals surface area (Å²) in [7, 11) is -0.667. The van der Waals surface area contributed by atoms with Gasteiger partial charge in [0, 0.05) is 36.1 Å². The Morgan fingerprint density at radius 3 is 1.90 bits per heavy atom. The van der Waals surface area contributed by atoms with E-state index in [1.165, 1.54) is 20.3 Å². The smallest absolute Gasteiger partial charge is 0.264 e. The summed E-state index contributed by atoms with van der Waals surface area (Å²) in [6.45, 7) is 4.82. The third kappa shape index (κ3) is 8.92. The molecule has 3 aliphatic rings. The second-order valence-electron chi connectivity index (χ2n) is 17.7. The van der Waals surface area contributed by atoms with Crippen LogP contribution in [0.5, 0.6) is 34.5 Å². The number of aromatic hydroxyl groups is 1. The van der Waals surface area contributed by atoms with E-state index in [1.807, 2.05) is 67.6 Å². The number of epoxide rings is 2. The highest BCUT2D eigenvalue weighted by molar-refractivity contribution is 7.86. The van der Waals surface area contributed by atoms with Crippen LogP contribution in [0.1, 0.15) is 36.1 Å². The van der Waals surface area contributed by atoms with E-state index in [1.54, 1.807) is 49.4 Å². The van der Waals surface area contributed by atoms with E-state index < -0.39 is 21.8 Å². The number of fused-ring (bicyclic) bond motifs is 6. The first-order chi connectivity index (χ1) is 33.2. The summed E-state index contributed by atoms with van der Waals surface area (Å²) in [4.78, 5) is 27.0. The van der Waals surface area contributed by atoms with Crippen LogP contribution >= 0.6 is 0 Å². The zero-order chi connectivity index (χ0) is 48.2. The van der Waals surface area contributed by atoms with Crippen molar-refractivity contribution in [1.82, 2.24) is 0 Å². The van der Waals surface area contributed by atoms with Gasteiger partial charge in [-0.25, -0.2) is 0 Å². The summed E-state index contributed by atoms with van der Waals surface area (Å²) in [5, 5.41) is 11.4. The van der Waals surface area contributed by atoms with Crippen LogP contribution in [0.4, 0.5) is 0 Å². The number of hydrogen-bond donors (Lipinski definition) is 1. The summed E-state index contributed by atoms with van der Waals surface area (Å²) in [6, 6.07) is 32.7. The second-order valence-corrected chi connectivity index (χ2v) is 19.4. The van der Waals surface area contributed by atoms with E-state index in [4.69, 9.17) is 46.2 Å². The minimum Gasteiger partial charge on any atom is -0.504 e. The molecule has 5 heterocycles. The number of para-hydroxylation sites is 2. The Bertz CT molecular complexity index is 3510. The molecule has 11 rings (SSSR count). The molecule has 2 fully saturated rings. The van der Waals surface area contributed by atoms with E-state index in [2.05, 4.69) is 0 Å². The maximum absolute atomic E-state index is 14.0. The van der Waals surface area contributed by atoms with Crippen molar-refractivity contribution in [2.45, 2.75) is 63.3 Å². The number of methoxy groups -OCH3 is 2. The van der Waals surface area contributed by atoms with Gasteiger partial charge in [0.2, 0.25) is 10.9 Å². The van der Waals surface area contributed by atoms with Gasteiger partial charge in [0.1, 0.15) is 75.5 Å². The quantitative estimate of drug-likeness (QED) is 0.0618. The van der Waals surface area contributed by atoms with Gasteiger partial charge in [0.05, 0.1) is 50.6 Å². The minimum atomic E-state index is -3.66. The second kappa shape index (κ2) is 17.8. The van der Waals surface area contributed by atoms with Crippen molar-refractivity contribution in [3.8, 4) is 34.5 Å². The standard InChI is InChI=1S/C34H32O9S.C19H16O6/c1-34(21-41-44(3,36)37)29(43-34)17-25-27(40-20-23-13-8-5-9-14-23)18-28(38-2)30-31(35)24-15-10-16-26(32(24)42-33(25)30)39-19-22-11-6-4-7-12-22;1-19(8-23-19)14-6-10-12(24-14)7-13(22-2)15-16(21)9-4-3-5-11(20)17(9)25-18(10)15/h4-16,18,29H,17,19-21H2,1-3H3;3-5,7,14,20H,6,8H2,1-2H3/t29-,34+;14-,19-/m01/s1. The third-order valence-electron chi connectivity index (χ3n) is 12.8. The zero-order valence-corrected chi connectivity index (χ0v) is 39.2. The lowest BCUT2D eigenvalue weighted by atomic mass is 9.98. The van der Waals surface area contributed by atoms with Crippen LogP contribution in [-0.4, -0.2) is 70.6 Å². The number of benzene rings is 6. The van der Waals surface area contributed by atoms with Gasteiger partial charge in [-0.2, -0.15) is 8.42 Å². The van der Waals surface area contributed by atoms with Gasteiger partial charge in [-0.1, -0.05) is 72.8 Å². The summed E-state index contributed by atoms with van der Waals surface area (Å²) < 4.78 is 81.9. The SMILES string of the molecule is COc1cc(OCc2ccccc2)c(C[C@@H]2O[C@]2(C)COS(C)(=O)=O)c2oc3c(OCc4ccccc4)cccc3c(=O)c12.COc1cc2c(c3oc4c(O)cccc4c(=O)c13)C[C@H]([C@@]1(C)CO1)O2. The Morgan fingerprint density at radius 1 is 0.696 bits per heavy atom. The predicted molar refractivity (Wildman–Crippen MR) is 257 cm³/mol. The molecule has 16 heteroatoms. The molecule has 356 valence electrons. The molecule has 1 N–H and O–H groups in total. The lowest BCUT2D eigenvalue weighted by Gasteiger charge is -2.17. The molecule has 2 saturated heterocycles. The highest BCUT2D eigenvalue weighted by Crippen LogP contribution is 2.47. The largest absolute Gasteiger partial charge is 0.504 e. The van der Waals surface area contributed by atoms with Crippen molar-refractivity contribution < 1.29 is 59.7 Å². The molecule has 0 radical (unpaired) electrons. The molecule has 0 aliphatic carbocycles. The van der Waals surface area contributed by atoms with E-state index in [0.29, 0.717) is 74.7 Å². The molecular formula is C53H48O15S. The number of phenolic OH excluding ortho intramolecular Hbond substituents is 1. The van der Waals surface area contributed by atoms with Crippen molar-refractivity contribution >= 4 is 54.0 Å². The van der Waals surface area contributed by atoms with Gasteiger partial charge in [-0.15, -0.1) is 0 Å². The third-order valence-corrected chi connectivity index (χ3v) is 13.3. The van der Waals surface area contributed by atoms with Gasteiger partial charge in [-0.3, -0.25) is 13.8 Å². The maximum atomic E-state index is 14.0.